The van der Waals surface area contributed by atoms with Crippen LogP contribution < -0.4 is 5.32 Å². The second kappa shape index (κ2) is 4.77. The van der Waals surface area contributed by atoms with Crippen molar-refractivity contribution in [3.8, 4) is 11.5 Å². The fourth-order valence-electron chi connectivity index (χ4n) is 1.38. The maximum atomic E-state index is 4.47. The number of nitrogens with zero attached hydrogens (tertiary/aromatic N) is 4. The van der Waals surface area contributed by atoms with Crippen LogP contribution in [0.5, 0.6) is 0 Å². The highest BCUT2D eigenvalue weighted by molar-refractivity contribution is 14.1. The third-order valence-corrected chi connectivity index (χ3v) is 2.93. The lowest BCUT2D eigenvalue weighted by molar-refractivity contribution is 0.769. The zero-order valence-corrected chi connectivity index (χ0v) is 11.3. The van der Waals surface area contributed by atoms with Crippen molar-refractivity contribution in [2.24, 2.45) is 7.05 Å². The second-order valence-corrected chi connectivity index (χ2v) is 4.42. The van der Waals surface area contributed by atoms with E-state index in [-0.39, 0.29) is 0 Å². The van der Waals surface area contributed by atoms with Crippen molar-refractivity contribution in [2.45, 2.75) is 6.92 Å². The molecule has 0 aromatic carbocycles. The third kappa shape index (κ3) is 2.16. The topological polar surface area (TPSA) is 55.6 Å². The molecule has 0 atom stereocenters. The van der Waals surface area contributed by atoms with Crippen molar-refractivity contribution in [3.05, 3.63) is 22.0 Å². The summed E-state index contributed by atoms with van der Waals surface area (Å²) >= 11 is 2.22. The fraction of sp³-hybridized carbons (Fsp3) is 0.300. The Hall–Kier alpha value is -1.18. The number of aromatic nitrogens is 4. The van der Waals surface area contributed by atoms with Gasteiger partial charge in [0.2, 0.25) is 0 Å². The summed E-state index contributed by atoms with van der Waals surface area (Å²) < 4.78 is 2.78. The summed E-state index contributed by atoms with van der Waals surface area (Å²) in [4.78, 5) is 8.78. The molecule has 0 amide bonds. The first-order valence-corrected chi connectivity index (χ1v) is 6.05. The van der Waals surface area contributed by atoms with E-state index < -0.39 is 0 Å². The average molecular weight is 329 g/mol. The molecule has 6 heteroatoms. The lowest BCUT2D eigenvalue weighted by Crippen LogP contribution is -2.05. The molecule has 1 N–H and O–H groups in total. The highest BCUT2D eigenvalue weighted by Gasteiger charge is 2.08. The number of rotatable bonds is 3. The van der Waals surface area contributed by atoms with E-state index in [1.165, 1.54) is 0 Å². The first kappa shape index (κ1) is 11.3. The minimum atomic E-state index is 0.691. The van der Waals surface area contributed by atoms with Gasteiger partial charge in [-0.2, -0.15) is 5.10 Å². The van der Waals surface area contributed by atoms with Gasteiger partial charge in [-0.3, -0.25) is 4.68 Å². The van der Waals surface area contributed by atoms with Gasteiger partial charge < -0.3 is 5.32 Å². The Morgan fingerprint density at radius 3 is 2.94 bits per heavy atom. The zero-order valence-electron chi connectivity index (χ0n) is 9.11. The number of hydrogen-bond donors (Lipinski definition) is 1. The Bertz CT molecular complexity index is 494. The largest absolute Gasteiger partial charge is 0.369 e. The molecule has 0 aliphatic rings. The average Bonchev–Trinajstić information content (AvgIpc) is 2.68. The molecule has 2 aromatic heterocycles. The van der Waals surface area contributed by atoms with E-state index in [1.54, 1.807) is 10.9 Å². The lowest BCUT2D eigenvalue weighted by atomic mass is 10.4. The summed E-state index contributed by atoms with van der Waals surface area (Å²) in [6.45, 7) is 2.89. The van der Waals surface area contributed by atoms with Crippen LogP contribution >= 0.6 is 22.6 Å². The molecule has 2 aromatic rings. The summed E-state index contributed by atoms with van der Waals surface area (Å²) in [5, 5.41) is 7.31. The van der Waals surface area contributed by atoms with Crippen LogP contribution in [0.4, 0.5) is 5.82 Å². The summed E-state index contributed by atoms with van der Waals surface area (Å²) in [6.07, 6.45) is 3.55. The van der Waals surface area contributed by atoms with Crippen molar-refractivity contribution in [2.75, 3.05) is 11.9 Å². The minimum Gasteiger partial charge on any atom is -0.369 e. The Kier molecular flexibility index (Phi) is 3.37. The van der Waals surface area contributed by atoms with E-state index in [0.717, 1.165) is 21.6 Å². The van der Waals surface area contributed by atoms with E-state index in [2.05, 4.69) is 43.0 Å². The van der Waals surface area contributed by atoms with Crippen LogP contribution in [0.25, 0.3) is 11.5 Å². The lowest BCUT2D eigenvalue weighted by Gasteiger charge is -2.07. The molecule has 84 valence electrons. The third-order valence-electron chi connectivity index (χ3n) is 2.14. The van der Waals surface area contributed by atoms with Gasteiger partial charge in [0.25, 0.3) is 0 Å². The summed E-state index contributed by atoms with van der Waals surface area (Å²) in [7, 11) is 1.88. The van der Waals surface area contributed by atoms with Gasteiger partial charge in [0, 0.05) is 26.0 Å². The molecular weight excluding hydrogens is 317 g/mol. The first-order valence-electron chi connectivity index (χ1n) is 4.97. The Morgan fingerprint density at radius 2 is 2.31 bits per heavy atom. The quantitative estimate of drug-likeness (QED) is 0.874. The van der Waals surface area contributed by atoms with Gasteiger partial charge in [-0.25, -0.2) is 9.97 Å². The molecule has 0 spiro atoms. The van der Waals surface area contributed by atoms with Crippen molar-refractivity contribution >= 4 is 28.4 Å². The van der Waals surface area contributed by atoms with Crippen molar-refractivity contribution in [1.82, 2.24) is 19.7 Å². The monoisotopic (exact) mass is 329 g/mol. The zero-order chi connectivity index (χ0) is 11.5. The van der Waals surface area contributed by atoms with Gasteiger partial charge in [-0.15, -0.1) is 0 Å². The molecule has 2 heterocycles. The van der Waals surface area contributed by atoms with Gasteiger partial charge in [-0.05, 0) is 35.6 Å². The van der Waals surface area contributed by atoms with Crippen LogP contribution in [0, 0.1) is 3.57 Å². The highest BCUT2D eigenvalue weighted by Crippen LogP contribution is 2.19. The van der Waals surface area contributed by atoms with E-state index in [1.807, 2.05) is 26.2 Å². The molecule has 0 saturated heterocycles. The molecule has 0 unspecified atom stereocenters. The van der Waals surface area contributed by atoms with Crippen LogP contribution in [0.3, 0.4) is 0 Å². The number of nitrogens with one attached hydrogen (secondary N) is 1. The maximum absolute atomic E-state index is 4.47. The van der Waals surface area contributed by atoms with E-state index >= 15 is 0 Å². The smallest absolute Gasteiger partial charge is 0.179 e. The number of aryl methyl sites for hydroxylation is 1. The Balaban J connectivity index is 2.43. The highest BCUT2D eigenvalue weighted by atomic mass is 127. The van der Waals surface area contributed by atoms with Crippen LogP contribution in [0.2, 0.25) is 0 Å². The minimum absolute atomic E-state index is 0.691. The SMILES string of the molecule is CCNc1nc(-c2ccnn2C)ncc1I. The van der Waals surface area contributed by atoms with Crippen LogP contribution in [0.1, 0.15) is 6.92 Å². The van der Waals surface area contributed by atoms with Crippen molar-refractivity contribution in [3.63, 3.8) is 0 Å². The molecule has 0 bridgehead atoms. The molecule has 16 heavy (non-hydrogen) atoms. The van der Waals surface area contributed by atoms with Gasteiger partial charge in [0.05, 0.1) is 3.57 Å². The number of anilines is 1. The van der Waals surface area contributed by atoms with Crippen molar-refractivity contribution < 1.29 is 0 Å². The molecule has 5 nitrogen and oxygen atoms in total. The fourth-order valence-corrected chi connectivity index (χ4v) is 1.83. The molecule has 0 fully saturated rings. The number of halogens is 1. The summed E-state index contributed by atoms with van der Waals surface area (Å²) in [6, 6.07) is 1.90. The predicted octanol–water partition coefficient (Wildman–Crippen LogP) is 1.91. The molecule has 0 aliphatic carbocycles. The predicted molar refractivity (Wildman–Crippen MR) is 71.1 cm³/mol. The van der Waals surface area contributed by atoms with Crippen LogP contribution in [0.15, 0.2) is 18.5 Å². The summed E-state index contributed by atoms with van der Waals surface area (Å²) in [5.41, 5.74) is 0.913. The van der Waals surface area contributed by atoms with Crippen LogP contribution in [-0.2, 0) is 7.05 Å². The molecule has 0 radical (unpaired) electrons. The van der Waals surface area contributed by atoms with Gasteiger partial charge in [0.15, 0.2) is 5.82 Å². The van der Waals surface area contributed by atoms with Gasteiger partial charge in [-0.1, -0.05) is 0 Å². The molecule has 0 saturated carbocycles. The first-order chi connectivity index (χ1) is 7.72. The summed E-state index contributed by atoms with van der Waals surface area (Å²) in [5.74, 6) is 1.56. The van der Waals surface area contributed by atoms with Crippen molar-refractivity contribution in [1.29, 1.82) is 0 Å². The van der Waals surface area contributed by atoms with E-state index in [4.69, 9.17) is 0 Å². The van der Waals surface area contributed by atoms with E-state index in [9.17, 15) is 0 Å². The Morgan fingerprint density at radius 1 is 1.50 bits per heavy atom. The van der Waals surface area contributed by atoms with Gasteiger partial charge in [0.1, 0.15) is 11.5 Å². The molecular formula is C10H12IN5. The maximum Gasteiger partial charge on any atom is 0.179 e. The standard InChI is InChI=1S/C10H12IN5/c1-3-12-9-7(11)6-13-10(15-9)8-4-5-14-16(8)2/h4-6H,3H2,1-2H3,(H,12,13,15). The van der Waals surface area contributed by atoms with E-state index in [0.29, 0.717) is 5.82 Å². The normalized spacial score (nSPS) is 10.4. The molecule has 0 aliphatic heterocycles. The van der Waals surface area contributed by atoms with Crippen LogP contribution in [-0.4, -0.2) is 26.3 Å². The Labute approximate surface area is 107 Å². The second-order valence-electron chi connectivity index (χ2n) is 3.26. The number of hydrogen-bond acceptors (Lipinski definition) is 4. The molecule has 2 rings (SSSR count). The van der Waals surface area contributed by atoms with Gasteiger partial charge >= 0.3 is 0 Å².